The number of H-pyrrole nitrogens is 2. The molecular formula is C44H52N2O4. The summed E-state index contributed by atoms with van der Waals surface area (Å²) in [5.74, 6) is -0.156. The molecule has 0 spiro atoms. The van der Waals surface area contributed by atoms with Crippen molar-refractivity contribution in [2.24, 2.45) is 0 Å². The summed E-state index contributed by atoms with van der Waals surface area (Å²) in [6.07, 6.45) is 0. The minimum absolute atomic E-state index is 0.00485. The quantitative estimate of drug-likeness (QED) is 0.133. The van der Waals surface area contributed by atoms with Crippen LogP contribution in [-0.4, -0.2) is 21.9 Å². The lowest BCUT2D eigenvalue weighted by molar-refractivity contribution is 0.0723. The van der Waals surface area contributed by atoms with E-state index in [1.807, 2.05) is 76.2 Å². The molecule has 0 saturated carbocycles. The van der Waals surface area contributed by atoms with Crippen LogP contribution in [0.4, 0.5) is 0 Å². The van der Waals surface area contributed by atoms with Gasteiger partial charge in [-0.05, 0) is 123 Å². The third-order valence-corrected chi connectivity index (χ3v) is 9.83. The van der Waals surface area contributed by atoms with Crippen LogP contribution in [0, 0.1) is 48.5 Å². The Morgan fingerprint density at radius 2 is 0.900 bits per heavy atom. The van der Waals surface area contributed by atoms with Crippen molar-refractivity contribution in [2.75, 3.05) is 0 Å². The van der Waals surface area contributed by atoms with Crippen molar-refractivity contribution >= 4 is 11.9 Å². The molecule has 0 amide bonds. The number of carbonyl (C=O) groups is 2. The van der Waals surface area contributed by atoms with Crippen LogP contribution in [0.2, 0.25) is 0 Å². The van der Waals surface area contributed by atoms with Gasteiger partial charge in [-0.1, -0.05) is 83.5 Å². The third kappa shape index (κ3) is 7.21. The SMILES string of the molecule is Cc1cc(C)c(C(c2[nH]c(C)c(C(=O)Oc3ccc(C(C)(C)C)cc3)c2C)c2[nH]c(C)c(C(=O)Oc3ccc(C(C)(C)C)cc3)c2C)c(C)c1. The van der Waals surface area contributed by atoms with Crippen LogP contribution in [0.5, 0.6) is 11.5 Å². The number of carbonyl (C=O) groups excluding carboxylic acids is 2. The maximum absolute atomic E-state index is 13.8. The molecule has 0 bridgehead atoms. The van der Waals surface area contributed by atoms with Gasteiger partial charge in [0.2, 0.25) is 0 Å². The van der Waals surface area contributed by atoms with Gasteiger partial charge in [0.1, 0.15) is 11.5 Å². The zero-order chi connectivity index (χ0) is 36.9. The van der Waals surface area contributed by atoms with Crippen LogP contribution in [0.3, 0.4) is 0 Å². The van der Waals surface area contributed by atoms with Gasteiger partial charge in [-0.15, -0.1) is 0 Å². The van der Waals surface area contributed by atoms with E-state index in [4.69, 9.17) is 9.47 Å². The first-order chi connectivity index (χ1) is 23.3. The fraction of sp³-hybridized carbons (Fsp3) is 0.364. The van der Waals surface area contributed by atoms with Gasteiger partial charge in [0, 0.05) is 22.8 Å². The first-order valence-electron chi connectivity index (χ1n) is 17.4. The molecule has 0 aliphatic heterocycles. The van der Waals surface area contributed by atoms with Gasteiger partial charge in [0.15, 0.2) is 0 Å². The summed E-state index contributed by atoms with van der Waals surface area (Å²) in [5.41, 5.74) is 12.7. The zero-order valence-corrected chi connectivity index (χ0v) is 32.0. The zero-order valence-electron chi connectivity index (χ0n) is 32.0. The number of rotatable bonds is 7. The van der Waals surface area contributed by atoms with Gasteiger partial charge in [0.25, 0.3) is 0 Å². The molecule has 262 valence electrons. The van der Waals surface area contributed by atoms with E-state index in [0.717, 1.165) is 50.6 Å². The fourth-order valence-electron chi connectivity index (χ4n) is 7.18. The molecule has 5 rings (SSSR count). The summed E-state index contributed by atoms with van der Waals surface area (Å²) in [7, 11) is 0. The second-order valence-electron chi connectivity index (χ2n) is 15.9. The Kier molecular flexibility index (Phi) is 9.81. The van der Waals surface area contributed by atoms with Crippen molar-refractivity contribution in [3.63, 3.8) is 0 Å². The first kappa shape index (κ1) is 36.4. The Bertz CT molecular complexity index is 1920. The second kappa shape index (κ2) is 13.5. The lowest BCUT2D eigenvalue weighted by Crippen LogP contribution is -2.14. The Balaban J connectivity index is 1.57. The maximum Gasteiger partial charge on any atom is 0.345 e. The lowest BCUT2D eigenvalue weighted by atomic mass is 9.82. The number of aromatic nitrogens is 2. The van der Waals surface area contributed by atoms with Crippen LogP contribution in [0.1, 0.15) is 135 Å². The molecule has 2 aromatic heterocycles. The molecule has 6 heteroatoms. The Labute approximate surface area is 297 Å². The highest BCUT2D eigenvalue weighted by molar-refractivity contribution is 5.95. The lowest BCUT2D eigenvalue weighted by Gasteiger charge is -2.23. The summed E-state index contributed by atoms with van der Waals surface area (Å²) in [6, 6.07) is 19.8. The standard InChI is InChI=1S/C44H52N2O4/c1-24-22-25(2)35(26(3)23-24)38(39-27(4)36(29(6)45-39)41(47)49-33-18-14-31(15-19-33)43(8,9)10)40-28(5)37(30(7)46-40)42(48)50-34-20-16-32(17-21-34)44(11,12)13/h14-23,38,45-46H,1-13H3. The molecule has 2 N–H and O–H groups in total. The number of aromatic amines is 2. The Morgan fingerprint density at radius 1 is 0.560 bits per heavy atom. The third-order valence-electron chi connectivity index (χ3n) is 9.83. The van der Waals surface area contributed by atoms with Crippen molar-refractivity contribution in [2.45, 2.75) is 107 Å². The van der Waals surface area contributed by atoms with E-state index in [1.165, 1.54) is 16.7 Å². The van der Waals surface area contributed by atoms with Crippen LogP contribution in [0.25, 0.3) is 0 Å². The topological polar surface area (TPSA) is 84.2 Å². The molecule has 0 unspecified atom stereocenters. The molecule has 0 saturated heterocycles. The highest BCUT2D eigenvalue weighted by atomic mass is 16.5. The van der Waals surface area contributed by atoms with Gasteiger partial charge in [-0.25, -0.2) is 9.59 Å². The molecule has 6 nitrogen and oxygen atoms in total. The summed E-state index contributed by atoms with van der Waals surface area (Å²) in [5, 5.41) is 0. The van der Waals surface area contributed by atoms with Crippen molar-refractivity contribution in [3.05, 3.63) is 139 Å². The Hall–Kier alpha value is -4.84. The van der Waals surface area contributed by atoms with Gasteiger partial charge in [-0.2, -0.15) is 0 Å². The average molecular weight is 673 g/mol. The highest BCUT2D eigenvalue weighted by Gasteiger charge is 2.33. The number of esters is 2. The monoisotopic (exact) mass is 672 g/mol. The summed E-state index contributed by atoms with van der Waals surface area (Å²) in [6.45, 7) is 27.0. The first-order valence-corrected chi connectivity index (χ1v) is 17.4. The van der Waals surface area contributed by atoms with E-state index in [-0.39, 0.29) is 16.7 Å². The van der Waals surface area contributed by atoms with Crippen molar-refractivity contribution < 1.29 is 19.1 Å². The van der Waals surface area contributed by atoms with E-state index in [9.17, 15) is 9.59 Å². The predicted octanol–water partition coefficient (Wildman–Crippen LogP) is 10.7. The molecule has 0 fully saturated rings. The van der Waals surface area contributed by atoms with Crippen molar-refractivity contribution in [3.8, 4) is 11.5 Å². The summed E-state index contributed by atoms with van der Waals surface area (Å²) in [4.78, 5) is 34.7. The largest absolute Gasteiger partial charge is 0.423 e. The maximum atomic E-state index is 13.8. The van der Waals surface area contributed by atoms with E-state index in [0.29, 0.717) is 22.6 Å². The number of hydrogen-bond donors (Lipinski definition) is 2. The molecule has 5 aromatic rings. The van der Waals surface area contributed by atoms with Gasteiger partial charge in [-0.3, -0.25) is 0 Å². The molecule has 0 aliphatic carbocycles. The fourth-order valence-corrected chi connectivity index (χ4v) is 7.18. The van der Waals surface area contributed by atoms with Crippen LogP contribution in [0.15, 0.2) is 60.7 Å². The van der Waals surface area contributed by atoms with E-state index < -0.39 is 11.9 Å². The molecule has 3 aromatic carbocycles. The van der Waals surface area contributed by atoms with E-state index >= 15 is 0 Å². The van der Waals surface area contributed by atoms with Crippen LogP contribution >= 0.6 is 0 Å². The molecule has 50 heavy (non-hydrogen) atoms. The number of aryl methyl sites for hydroxylation is 5. The molecule has 2 heterocycles. The minimum atomic E-state index is -0.414. The summed E-state index contributed by atoms with van der Waals surface area (Å²) < 4.78 is 11.9. The molecule has 0 atom stereocenters. The van der Waals surface area contributed by atoms with Gasteiger partial charge in [0.05, 0.1) is 17.0 Å². The minimum Gasteiger partial charge on any atom is -0.423 e. The number of benzene rings is 3. The average Bonchev–Trinajstić information content (AvgIpc) is 3.47. The molecule has 0 aliphatic rings. The summed E-state index contributed by atoms with van der Waals surface area (Å²) >= 11 is 0. The van der Waals surface area contributed by atoms with Gasteiger partial charge < -0.3 is 19.4 Å². The predicted molar refractivity (Wildman–Crippen MR) is 202 cm³/mol. The Morgan fingerprint density at radius 3 is 1.22 bits per heavy atom. The highest BCUT2D eigenvalue weighted by Crippen LogP contribution is 2.41. The van der Waals surface area contributed by atoms with Gasteiger partial charge >= 0.3 is 11.9 Å². The van der Waals surface area contributed by atoms with Crippen LogP contribution in [-0.2, 0) is 10.8 Å². The van der Waals surface area contributed by atoms with E-state index in [2.05, 4.69) is 84.4 Å². The molecule has 0 radical (unpaired) electrons. The van der Waals surface area contributed by atoms with Crippen LogP contribution < -0.4 is 9.47 Å². The number of nitrogens with one attached hydrogen (secondary N) is 2. The molecular weight excluding hydrogens is 620 g/mol. The normalized spacial score (nSPS) is 12.0. The van der Waals surface area contributed by atoms with Crippen molar-refractivity contribution in [1.82, 2.24) is 9.97 Å². The smallest absolute Gasteiger partial charge is 0.345 e. The van der Waals surface area contributed by atoms with E-state index in [1.54, 1.807) is 0 Å². The van der Waals surface area contributed by atoms with Crippen molar-refractivity contribution in [1.29, 1.82) is 0 Å². The second-order valence-corrected chi connectivity index (χ2v) is 15.9. The number of hydrogen-bond acceptors (Lipinski definition) is 4. The number of ether oxygens (including phenoxy) is 2.